The van der Waals surface area contributed by atoms with E-state index in [1.54, 1.807) is 18.2 Å². The Morgan fingerprint density at radius 2 is 1.50 bits per heavy atom. The fourth-order valence-corrected chi connectivity index (χ4v) is 2.53. The minimum atomic E-state index is -0.0512. The van der Waals surface area contributed by atoms with Crippen LogP contribution in [0, 0.1) is 0 Å². The normalized spacial score (nSPS) is 10.3. The zero-order valence-electron chi connectivity index (χ0n) is 14.6. The van der Waals surface area contributed by atoms with E-state index in [2.05, 4.69) is 0 Å². The Morgan fingerprint density at radius 3 is 2.19 bits per heavy atom. The van der Waals surface area contributed by atoms with Gasteiger partial charge in [0.1, 0.15) is 24.7 Å². The number of ketones is 1. The summed E-state index contributed by atoms with van der Waals surface area (Å²) in [4.78, 5) is 11.7. The van der Waals surface area contributed by atoms with Crippen LogP contribution in [-0.4, -0.2) is 5.78 Å². The smallest absolute Gasteiger partial charge is 0.163 e. The number of hydrogen-bond acceptors (Lipinski definition) is 4. The van der Waals surface area contributed by atoms with Gasteiger partial charge in [-0.3, -0.25) is 4.79 Å². The first-order chi connectivity index (χ1) is 12.6. The summed E-state index contributed by atoms with van der Waals surface area (Å²) < 4.78 is 11.6. The Labute approximate surface area is 153 Å². The second kappa shape index (κ2) is 8.21. The molecule has 0 amide bonds. The van der Waals surface area contributed by atoms with E-state index in [0.717, 1.165) is 16.9 Å². The second-order valence-corrected chi connectivity index (χ2v) is 6.02. The van der Waals surface area contributed by atoms with Crippen molar-refractivity contribution in [2.75, 3.05) is 5.73 Å². The maximum atomic E-state index is 11.7. The summed E-state index contributed by atoms with van der Waals surface area (Å²) in [7, 11) is 0. The molecular formula is C22H21NO3. The van der Waals surface area contributed by atoms with Gasteiger partial charge in [-0.15, -0.1) is 0 Å². The van der Waals surface area contributed by atoms with Crippen molar-refractivity contribution in [1.82, 2.24) is 0 Å². The third-order valence-corrected chi connectivity index (χ3v) is 3.95. The molecule has 3 aromatic carbocycles. The maximum Gasteiger partial charge on any atom is 0.163 e. The summed E-state index contributed by atoms with van der Waals surface area (Å²) in [6.45, 7) is 2.39. The molecule has 4 heteroatoms. The lowest BCUT2D eigenvalue weighted by Crippen LogP contribution is -2.03. The maximum absolute atomic E-state index is 11.7. The van der Waals surface area contributed by atoms with Crippen molar-refractivity contribution in [2.24, 2.45) is 0 Å². The Kier molecular flexibility index (Phi) is 5.54. The van der Waals surface area contributed by atoms with Crippen LogP contribution in [-0.2, 0) is 13.2 Å². The molecule has 0 aromatic heterocycles. The highest BCUT2D eigenvalue weighted by atomic mass is 16.5. The lowest BCUT2D eigenvalue weighted by molar-refractivity contribution is 0.101. The van der Waals surface area contributed by atoms with Gasteiger partial charge in [0.2, 0.25) is 0 Å². The average Bonchev–Trinajstić information content (AvgIpc) is 2.66. The summed E-state index contributed by atoms with van der Waals surface area (Å²) in [5.74, 6) is 1.25. The molecule has 26 heavy (non-hydrogen) atoms. The van der Waals surface area contributed by atoms with Crippen LogP contribution < -0.4 is 15.2 Å². The van der Waals surface area contributed by atoms with Gasteiger partial charge in [0, 0.05) is 11.8 Å². The molecule has 0 aliphatic carbocycles. The molecule has 0 spiro atoms. The van der Waals surface area contributed by atoms with Gasteiger partial charge in [-0.2, -0.15) is 0 Å². The lowest BCUT2D eigenvalue weighted by atomic mass is 10.1. The van der Waals surface area contributed by atoms with Crippen LogP contribution in [0.2, 0.25) is 0 Å². The van der Waals surface area contributed by atoms with Crippen LogP contribution in [0.25, 0.3) is 0 Å². The number of rotatable bonds is 7. The summed E-state index contributed by atoms with van der Waals surface area (Å²) in [5, 5.41) is 0. The van der Waals surface area contributed by atoms with Crippen molar-refractivity contribution in [3.8, 4) is 11.5 Å². The summed E-state index contributed by atoms with van der Waals surface area (Å²) in [6, 6.07) is 22.8. The van der Waals surface area contributed by atoms with Crippen molar-refractivity contribution in [1.29, 1.82) is 0 Å². The Hall–Kier alpha value is -3.27. The fraction of sp³-hybridized carbons (Fsp3) is 0.136. The van der Waals surface area contributed by atoms with Crippen molar-refractivity contribution in [3.05, 3.63) is 89.5 Å². The molecular weight excluding hydrogens is 326 g/mol. The van der Waals surface area contributed by atoms with Crippen LogP contribution in [0.5, 0.6) is 11.5 Å². The molecule has 4 nitrogen and oxygen atoms in total. The fourth-order valence-electron chi connectivity index (χ4n) is 2.53. The topological polar surface area (TPSA) is 61.6 Å². The Morgan fingerprint density at radius 1 is 0.846 bits per heavy atom. The number of anilines is 1. The van der Waals surface area contributed by atoms with Gasteiger partial charge in [0.25, 0.3) is 0 Å². The van der Waals surface area contributed by atoms with Crippen molar-refractivity contribution in [3.63, 3.8) is 0 Å². The number of hydrogen-bond donors (Lipinski definition) is 1. The number of nitrogen functional groups attached to an aromatic ring is 1. The van der Waals surface area contributed by atoms with Crippen molar-refractivity contribution >= 4 is 11.5 Å². The Bertz CT molecular complexity index is 874. The van der Waals surface area contributed by atoms with Crippen molar-refractivity contribution in [2.45, 2.75) is 20.1 Å². The molecule has 0 aliphatic heterocycles. The zero-order chi connectivity index (χ0) is 18.4. The van der Waals surface area contributed by atoms with E-state index in [9.17, 15) is 4.79 Å². The van der Waals surface area contributed by atoms with Crippen LogP contribution in [0.4, 0.5) is 5.69 Å². The minimum Gasteiger partial charge on any atom is -0.489 e. The third-order valence-electron chi connectivity index (χ3n) is 3.95. The van der Waals surface area contributed by atoms with Crippen LogP contribution >= 0.6 is 0 Å². The predicted octanol–water partition coefficient (Wildman–Crippen LogP) is 4.63. The first-order valence-corrected chi connectivity index (χ1v) is 8.41. The number of carbonyl (C=O) groups excluding carboxylic acids is 1. The van der Waals surface area contributed by atoms with Gasteiger partial charge in [-0.05, 0) is 42.3 Å². The molecule has 0 radical (unpaired) electrons. The van der Waals surface area contributed by atoms with E-state index < -0.39 is 0 Å². The monoisotopic (exact) mass is 347 g/mol. The van der Waals surface area contributed by atoms with Crippen molar-refractivity contribution < 1.29 is 14.3 Å². The number of carbonyl (C=O) groups is 1. The molecule has 0 bridgehead atoms. The van der Waals surface area contributed by atoms with Gasteiger partial charge in [-0.25, -0.2) is 0 Å². The van der Waals surface area contributed by atoms with Gasteiger partial charge < -0.3 is 15.2 Å². The molecule has 0 fully saturated rings. The van der Waals surface area contributed by atoms with E-state index in [4.69, 9.17) is 15.2 Å². The quantitative estimate of drug-likeness (QED) is 0.500. The summed E-state index contributed by atoms with van der Waals surface area (Å²) in [6.07, 6.45) is 0. The number of benzene rings is 3. The van der Waals surface area contributed by atoms with Crippen LogP contribution in [0.1, 0.15) is 28.4 Å². The number of ether oxygens (including phenoxy) is 2. The molecule has 132 valence electrons. The molecule has 3 rings (SSSR count). The molecule has 3 aromatic rings. The minimum absolute atomic E-state index is 0.0512. The number of Topliss-reactive ketones (excluding diaryl/α,β-unsaturated/α-hetero) is 1. The number of nitrogens with two attached hydrogens (primary N) is 1. The largest absolute Gasteiger partial charge is 0.489 e. The molecule has 0 atom stereocenters. The van der Waals surface area contributed by atoms with Gasteiger partial charge in [0.15, 0.2) is 5.78 Å². The van der Waals surface area contributed by atoms with Crippen LogP contribution in [0.15, 0.2) is 72.8 Å². The molecule has 0 aliphatic rings. The zero-order valence-corrected chi connectivity index (χ0v) is 14.6. The van der Waals surface area contributed by atoms with E-state index in [-0.39, 0.29) is 5.78 Å². The first-order valence-electron chi connectivity index (χ1n) is 8.41. The van der Waals surface area contributed by atoms with Gasteiger partial charge in [-0.1, -0.05) is 42.5 Å². The lowest BCUT2D eigenvalue weighted by Gasteiger charge is -2.11. The van der Waals surface area contributed by atoms with E-state index >= 15 is 0 Å². The first kappa shape index (κ1) is 17.5. The standard InChI is InChI=1S/C22H21NO3/c1-16(24)21-12-9-19(23)13-22(21)26-15-18-7-10-20(11-8-18)25-14-17-5-3-2-4-6-17/h2-13H,14-15,23H2,1H3. The molecule has 0 unspecified atom stereocenters. The SMILES string of the molecule is CC(=O)c1ccc(N)cc1OCc1ccc(OCc2ccccc2)cc1. The van der Waals surface area contributed by atoms with E-state index in [0.29, 0.717) is 30.2 Å². The molecule has 2 N–H and O–H groups in total. The highest BCUT2D eigenvalue weighted by Gasteiger charge is 2.09. The van der Waals surface area contributed by atoms with Gasteiger partial charge in [0.05, 0.1) is 5.56 Å². The van der Waals surface area contributed by atoms with E-state index in [1.807, 2.05) is 54.6 Å². The second-order valence-electron chi connectivity index (χ2n) is 6.02. The Balaban J connectivity index is 1.60. The highest BCUT2D eigenvalue weighted by molar-refractivity contribution is 5.97. The van der Waals surface area contributed by atoms with Crippen LogP contribution in [0.3, 0.4) is 0 Å². The highest BCUT2D eigenvalue weighted by Crippen LogP contribution is 2.24. The molecule has 0 saturated carbocycles. The predicted molar refractivity (Wildman–Crippen MR) is 102 cm³/mol. The molecule has 0 saturated heterocycles. The summed E-state index contributed by atoms with van der Waals surface area (Å²) in [5.41, 5.74) is 8.99. The summed E-state index contributed by atoms with van der Waals surface area (Å²) >= 11 is 0. The van der Waals surface area contributed by atoms with E-state index in [1.165, 1.54) is 6.92 Å². The average molecular weight is 347 g/mol. The van der Waals surface area contributed by atoms with Gasteiger partial charge >= 0.3 is 0 Å². The third kappa shape index (κ3) is 4.63. The molecule has 0 heterocycles.